The maximum absolute atomic E-state index is 11.6. The molecule has 0 radical (unpaired) electrons. The minimum Gasteiger partial charge on any atom is -0.480 e. The summed E-state index contributed by atoms with van der Waals surface area (Å²) < 4.78 is 29.7. The van der Waals surface area contributed by atoms with E-state index >= 15 is 0 Å². The van der Waals surface area contributed by atoms with Crippen LogP contribution in [0.5, 0.6) is 0 Å². The molecular weight excluding hydrogens is 250 g/mol. The molecule has 0 saturated carbocycles. The summed E-state index contributed by atoms with van der Waals surface area (Å²) in [5.74, 6) is -2.58. The topological polar surface area (TPSA) is 110 Å². The molecule has 0 aliphatic rings. The smallest absolute Gasteiger partial charge is 0.324 e. The monoisotopic (exact) mass is 267 g/mol. The molecular formula is C9H17NO6S. The highest BCUT2D eigenvalue weighted by Gasteiger charge is 2.34. The highest BCUT2D eigenvalue weighted by Crippen LogP contribution is 2.08. The molecule has 0 aromatic rings. The summed E-state index contributed by atoms with van der Waals surface area (Å²) in [7, 11) is -2.98. The molecule has 0 aliphatic heterocycles. The number of carbonyl (C=O) groups is 2. The molecule has 0 aromatic carbocycles. The zero-order valence-electron chi connectivity index (χ0n) is 10.1. The lowest BCUT2D eigenvalue weighted by Gasteiger charge is -2.20. The maximum atomic E-state index is 11.6. The lowest BCUT2D eigenvalue weighted by Crippen LogP contribution is -2.49. The zero-order valence-corrected chi connectivity index (χ0v) is 10.9. The Morgan fingerprint density at radius 2 is 1.71 bits per heavy atom. The van der Waals surface area contributed by atoms with Gasteiger partial charge in [-0.05, 0) is 12.8 Å². The van der Waals surface area contributed by atoms with E-state index in [4.69, 9.17) is 5.11 Å². The van der Waals surface area contributed by atoms with E-state index < -0.39 is 33.3 Å². The van der Waals surface area contributed by atoms with E-state index in [1.54, 1.807) is 13.8 Å². The molecule has 0 aliphatic carbocycles. The molecule has 0 aromatic heterocycles. The van der Waals surface area contributed by atoms with Gasteiger partial charge in [0, 0.05) is 0 Å². The van der Waals surface area contributed by atoms with Gasteiger partial charge < -0.3 is 9.84 Å². The van der Waals surface area contributed by atoms with Gasteiger partial charge in [-0.25, -0.2) is 8.42 Å². The molecule has 7 nitrogen and oxygen atoms in total. The van der Waals surface area contributed by atoms with E-state index in [1.807, 2.05) is 4.72 Å². The van der Waals surface area contributed by atoms with Gasteiger partial charge in [0.15, 0.2) is 5.25 Å². The summed E-state index contributed by atoms with van der Waals surface area (Å²) in [6, 6.07) is -1.09. The fourth-order valence-corrected chi connectivity index (χ4v) is 2.19. The van der Waals surface area contributed by atoms with Crippen LogP contribution >= 0.6 is 0 Å². The first kappa shape index (κ1) is 15.9. The van der Waals surface area contributed by atoms with Crippen LogP contribution in [0, 0.1) is 5.92 Å². The lowest BCUT2D eigenvalue weighted by atomic mass is 10.1. The molecule has 100 valence electrons. The molecule has 0 spiro atoms. The van der Waals surface area contributed by atoms with Crippen molar-refractivity contribution in [2.45, 2.75) is 32.1 Å². The van der Waals surface area contributed by atoms with Gasteiger partial charge in [-0.2, -0.15) is 4.72 Å². The first-order chi connectivity index (χ1) is 7.63. The van der Waals surface area contributed by atoms with Crippen molar-refractivity contribution in [3.63, 3.8) is 0 Å². The summed E-state index contributed by atoms with van der Waals surface area (Å²) in [6.07, 6.45) is 0. The average molecular weight is 267 g/mol. The first-order valence-corrected chi connectivity index (χ1v) is 6.50. The molecule has 8 heteroatoms. The van der Waals surface area contributed by atoms with Gasteiger partial charge in [0.1, 0.15) is 6.04 Å². The number of esters is 1. The molecule has 0 fully saturated rings. The van der Waals surface area contributed by atoms with Gasteiger partial charge in [0.05, 0.1) is 7.11 Å². The van der Waals surface area contributed by atoms with Crippen molar-refractivity contribution >= 4 is 22.0 Å². The highest BCUT2D eigenvalue weighted by atomic mass is 32.2. The van der Waals surface area contributed by atoms with Crippen LogP contribution in [0.1, 0.15) is 20.8 Å². The van der Waals surface area contributed by atoms with Crippen LogP contribution in [0.4, 0.5) is 0 Å². The largest absolute Gasteiger partial charge is 0.480 e. The standard InChI is InChI=1S/C9H17NO6S/c1-5(2)7(9(13)16-4)10-17(14,15)6(3)8(11)12/h5-7,10H,1-4H3,(H,11,12). The molecule has 0 bridgehead atoms. The van der Waals surface area contributed by atoms with E-state index in [-0.39, 0.29) is 5.92 Å². The fourth-order valence-electron chi connectivity index (χ4n) is 0.995. The number of methoxy groups -OCH3 is 1. The van der Waals surface area contributed by atoms with Crippen LogP contribution in [-0.2, 0) is 24.3 Å². The summed E-state index contributed by atoms with van der Waals surface area (Å²) in [5.41, 5.74) is 0. The molecule has 2 unspecified atom stereocenters. The van der Waals surface area contributed by atoms with Crippen molar-refractivity contribution in [2.24, 2.45) is 5.92 Å². The van der Waals surface area contributed by atoms with Crippen LogP contribution in [-0.4, -0.2) is 43.9 Å². The van der Waals surface area contributed by atoms with E-state index in [0.717, 1.165) is 14.0 Å². The predicted molar refractivity (Wildman–Crippen MR) is 59.8 cm³/mol. The Bertz CT molecular complexity index is 388. The third kappa shape index (κ3) is 4.31. The third-order valence-electron chi connectivity index (χ3n) is 2.23. The molecule has 0 rings (SSSR count). The van der Waals surface area contributed by atoms with Crippen molar-refractivity contribution in [3.05, 3.63) is 0 Å². The number of hydrogen-bond donors (Lipinski definition) is 2. The third-order valence-corrected chi connectivity index (χ3v) is 3.94. The normalized spacial score (nSPS) is 15.4. The second kappa shape index (κ2) is 5.97. The maximum Gasteiger partial charge on any atom is 0.324 e. The Labute approximate surface area is 100 Å². The minimum atomic E-state index is -4.11. The summed E-state index contributed by atoms with van der Waals surface area (Å²) in [4.78, 5) is 21.9. The van der Waals surface area contributed by atoms with Gasteiger partial charge in [-0.1, -0.05) is 13.8 Å². The SMILES string of the molecule is COC(=O)C(NS(=O)(=O)C(C)C(=O)O)C(C)C. The Morgan fingerprint density at radius 1 is 1.24 bits per heavy atom. The van der Waals surface area contributed by atoms with Gasteiger partial charge in [-0.15, -0.1) is 0 Å². The van der Waals surface area contributed by atoms with Gasteiger partial charge in [-0.3, -0.25) is 9.59 Å². The molecule has 17 heavy (non-hydrogen) atoms. The summed E-state index contributed by atoms with van der Waals surface area (Å²) in [6.45, 7) is 4.27. The van der Waals surface area contributed by atoms with Crippen LogP contribution in [0.2, 0.25) is 0 Å². The number of carboxylic acids is 1. The van der Waals surface area contributed by atoms with Gasteiger partial charge >= 0.3 is 11.9 Å². The number of carbonyl (C=O) groups excluding carboxylic acids is 1. The number of carboxylic acid groups (broad SMARTS) is 1. The molecule has 0 amide bonds. The zero-order chi connectivity index (χ0) is 13.8. The fraction of sp³-hybridized carbons (Fsp3) is 0.778. The highest BCUT2D eigenvalue weighted by molar-refractivity contribution is 7.90. The summed E-state index contributed by atoms with van der Waals surface area (Å²) in [5, 5.41) is 7.00. The first-order valence-electron chi connectivity index (χ1n) is 4.95. The Kier molecular flexibility index (Phi) is 5.56. The second-order valence-corrected chi connectivity index (χ2v) is 5.92. The number of ether oxygens (including phenoxy) is 1. The number of rotatable bonds is 6. The van der Waals surface area contributed by atoms with Crippen molar-refractivity contribution in [3.8, 4) is 0 Å². The van der Waals surface area contributed by atoms with Crippen LogP contribution < -0.4 is 4.72 Å². The number of aliphatic carboxylic acids is 1. The van der Waals surface area contributed by atoms with Crippen LogP contribution in [0.3, 0.4) is 0 Å². The number of nitrogens with one attached hydrogen (secondary N) is 1. The lowest BCUT2D eigenvalue weighted by molar-refractivity contribution is -0.144. The predicted octanol–water partition coefficient (Wildman–Crippen LogP) is -0.423. The van der Waals surface area contributed by atoms with Crippen molar-refractivity contribution in [1.29, 1.82) is 0 Å². The van der Waals surface area contributed by atoms with E-state index in [1.165, 1.54) is 0 Å². The Balaban J connectivity index is 5.01. The summed E-state index contributed by atoms with van der Waals surface area (Å²) >= 11 is 0. The van der Waals surface area contributed by atoms with Crippen LogP contribution in [0.15, 0.2) is 0 Å². The number of sulfonamides is 1. The molecule has 0 saturated heterocycles. The van der Waals surface area contributed by atoms with Crippen molar-refractivity contribution in [2.75, 3.05) is 7.11 Å². The molecule has 2 N–H and O–H groups in total. The number of hydrogen-bond acceptors (Lipinski definition) is 5. The van der Waals surface area contributed by atoms with E-state index in [0.29, 0.717) is 0 Å². The minimum absolute atomic E-state index is 0.349. The van der Waals surface area contributed by atoms with Gasteiger partial charge in [0.25, 0.3) is 0 Å². The Hall–Kier alpha value is -1.15. The Morgan fingerprint density at radius 3 is 2.00 bits per heavy atom. The average Bonchev–Trinajstić information content (AvgIpc) is 2.23. The van der Waals surface area contributed by atoms with Crippen molar-refractivity contribution in [1.82, 2.24) is 4.72 Å². The second-order valence-electron chi connectivity index (χ2n) is 3.89. The van der Waals surface area contributed by atoms with E-state index in [2.05, 4.69) is 4.74 Å². The van der Waals surface area contributed by atoms with Gasteiger partial charge in [0.2, 0.25) is 10.0 Å². The van der Waals surface area contributed by atoms with Crippen LogP contribution in [0.25, 0.3) is 0 Å². The quantitative estimate of drug-likeness (QED) is 0.632. The molecule has 0 heterocycles. The van der Waals surface area contributed by atoms with Crippen molar-refractivity contribution < 1.29 is 27.9 Å². The molecule has 2 atom stereocenters. The van der Waals surface area contributed by atoms with E-state index in [9.17, 15) is 18.0 Å².